The highest BCUT2D eigenvalue weighted by atomic mass is 32.2. The van der Waals surface area contributed by atoms with Gasteiger partial charge in [0, 0.05) is 30.2 Å². The van der Waals surface area contributed by atoms with Crippen molar-refractivity contribution < 1.29 is 23.6 Å². The molecule has 2 aromatic carbocycles. The second kappa shape index (κ2) is 10.8. The van der Waals surface area contributed by atoms with Gasteiger partial charge < -0.3 is 14.6 Å². The zero-order chi connectivity index (χ0) is 25.9. The molecular formula is C28H32N2O5S. The van der Waals surface area contributed by atoms with Gasteiger partial charge in [0.25, 0.3) is 0 Å². The lowest BCUT2D eigenvalue weighted by atomic mass is 9.98. The molecule has 2 unspecified atom stereocenters. The number of hydrogen-bond donors (Lipinski definition) is 2. The summed E-state index contributed by atoms with van der Waals surface area (Å²) in [6.07, 6.45) is 0.761. The van der Waals surface area contributed by atoms with Crippen molar-refractivity contribution in [3.8, 4) is 22.8 Å². The first-order chi connectivity index (χ1) is 17.1. The molecule has 0 aliphatic carbocycles. The molecule has 190 valence electrons. The predicted molar refractivity (Wildman–Crippen MR) is 140 cm³/mol. The average molecular weight is 509 g/mol. The van der Waals surface area contributed by atoms with E-state index < -0.39 is 16.6 Å². The van der Waals surface area contributed by atoms with Gasteiger partial charge in [-0.05, 0) is 68.1 Å². The second-order valence-electron chi connectivity index (χ2n) is 9.72. The number of aryl methyl sites for hydroxylation is 2. The third-order valence-electron chi connectivity index (χ3n) is 6.05. The number of hydrogen-bond acceptors (Lipinski definition) is 6. The molecule has 0 bridgehead atoms. The smallest absolute Gasteiger partial charge is 0.233 e. The first-order valence-corrected chi connectivity index (χ1v) is 13.2. The number of benzene rings is 2. The zero-order valence-electron chi connectivity index (χ0n) is 21.0. The van der Waals surface area contributed by atoms with Gasteiger partial charge in [0.15, 0.2) is 0 Å². The quantitative estimate of drug-likeness (QED) is 0.435. The van der Waals surface area contributed by atoms with E-state index in [2.05, 4.69) is 21.8 Å². The third-order valence-corrected chi connectivity index (χ3v) is 7.44. The molecule has 2 heterocycles. The molecule has 0 spiro atoms. The lowest BCUT2D eigenvalue weighted by Crippen LogP contribution is -2.22. The molecule has 1 saturated heterocycles. The minimum absolute atomic E-state index is 0.188. The molecule has 4 rings (SSSR count). The number of ether oxygens (including phenoxy) is 2. The van der Waals surface area contributed by atoms with Crippen molar-refractivity contribution in [2.45, 2.75) is 58.0 Å². The summed E-state index contributed by atoms with van der Waals surface area (Å²) in [6, 6.07) is 17.5. The molecule has 1 aliphatic rings. The number of aromatic nitrogens is 1. The van der Waals surface area contributed by atoms with Crippen LogP contribution >= 0.6 is 0 Å². The number of nitrogens with zero attached hydrogens (tertiary/aromatic N) is 1. The summed E-state index contributed by atoms with van der Waals surface area (Å²) in [5.41, 5.74) is 5.15. The molecule has 3 aromatic rings. The SMILES string of the molecule is Cc1cc(OCCC(C)(C)O)nc(C)c1-c1cccc(COc2ccc(C3CC(=O)NS3=O)cc2)c1. The molecule has 36 heavy (non-hydrogen) atoms. The van der Waals surface area contributed by atoms with E-state index in [0.717, 1.165) is 33.5 Å². The maximum absolute atomic E-state index is 12.0. The maximum atomic E-state index is 12.0. The fourth-order valence-electron chi connectivity index (χ4n) is 4.18. The van der Waals surface area contributed by atoms with Crippen molar-refractivity contribution in [3.05, 3.63) is 77.0 Å². The van der Waals surface area contributed by atoms with Crippen molar-refractivity contribution in [2.24, 2.45) is 0 Å². The Morgan fingerprint density at radius 1 is 1.11 bits per heavy atom. The van der Waals surface area contributed by atoms with Gasteiger partial charge in [-0.25, -0.2) is 9.19 Å². The van der Waals surface area contributed by atoms with E-state index in [1.165, 1.54) is 0 Å². The van der Waals surface area contributed by atoms with Crippen LogP contribution < -0.4 is 14.2 Å². The molecule has 1 aliphatic heterocycles. The standard InChI is InChI=1S/C28H32N2O5S/c1-18-14-26(34-13-12-28(3,4)32)29-19(2)27(18)22-7-5-6-20(15-22)17-35-23-10-8-21(9-11-23)24-16-25(31)30-36(24)33/h5-11,14-15,24,32H,12-13,16-17H2,1-4H3,(H,30,31). The van der Waals surface area contributed by atoms with E-state index in [1.807, 2.05) is 56.3 Å². The monoisotopic (exact) mass is 508 g/mol. The number of aliphatic hydroxyl groups is 1. The summed E-state index contributed by atoms with van der Waals surface area (Å²) in [7, 11) is -1.38. The summed E-state index contributed by atoms with van der Waals surface area (Å²) < 4.78 is 26.2. The van der Waals surface area contributed by atoms with E-state index in [9.17, 15) is 14.1 Å². The van der Waals surface area contributed by atoms with Gasteiger partial charge in [0.05, 0.1) is 17.5 Å². The van der Waals surface area contributed by atoms with Crippen molar-refractivity contribution >= 4 is 16.9 Å². The fourth-order valence-corrected chi connectivity index (χ4v) is 5.34. The molecule has 0 radical (unpaired) electrons. The van der Waals surface area contributed by atoms with Crippen LogP contribution in [0.1, 0.15) is 54.3 Å². The highest BCUT2D eigenvalue weighted by molar-refractivity contribution is 7.84. The van der Waals surface area contributed by atoms with Crippen LogP contribution in [-0.2, 0) is 22.4 Å². The summed E-state index contributed by atoms with van der Waals surface area (Å²) in [6.45, 7) is 8.32. The van der Waals surface area contributed by atoms with E-state index in [-0.39, 0.29) is 17.6 Å². The van der Waals surface area contributed by atoms with E-state index in [4.69, 9.17) is 9.47 Å². The number of carbonyl (C=O) groups is 1. The van der Waals surface area contributed by atoms with Gasteiger partial charge in [-0.15, -0.1) is 0 Å². The molecule has 2 N–H and O–H groups in total. The minimum atomic E-state index is -1.38. The van der Waals surface area contributed by atoms with Crippen LogP contribution in [0, 0.1) is 13.8 Å². The van der Waals surface area contributed by atoms with Gasteiger partial charge in [-0.1, -0.05) is 30.3 Å². The summed E-state index contributed by atoms with van der Waals surface area (Å²) in [5, 5.41) is 9.56. The van der Waals surface area contributed by atoms with Gasteiger partial charge in [-0.3, -0.25) is 9.52 Å². The lowest BCUT2D eigenvalue weighted by Gasteiger charge is -2.18. The minimum Gasteiger partial charge on any atom is -0.489 e. The summed E-state index contributed by atoms with van der Waals surface area (Å²) >= 11 is 0. The molecule has 1 amide bonds. The lowest BCUT2D eigenvalue weighted by molar-refractivity contribution is -0.118. The Morgan fingerprint density at radius 2 is 1.86 bits per heavy atom. The molecule has 1 aromatic heterocycles. The number of amides is 1. The Balaban J connectivity index is 1.42. The first-order valence-electron chi connectivity index (χ1n) is 11.9. The number of carbonyl (C=O) groups excluding carboxylic acids is 1. The fraction of sp³-hybridized carbons (Fsp3) is 0.357. The normalized spacial score (nSPS) is 17.6. The van der Waals surface area contributed by atoms with Crippen molar-refractivity contribution in [3.63, 3.8) is 0 Å². The second-order valence-corrected chi connectivity index (χ2v) is 11.1. The Bertz CT molecular complexity index is 1240. The number of rotatable bonds is 9. The van der Waals surface area contributed by atoms with Gasteiger partial charge in [0.2, 0.25) is 11.8 Å². The van der Waals surface area contributed by atoms with Gasteiger partial charge >= 0.3 is 0 Å². The van der Waals surface area contributed by atoms with Crippen molar-refractivity contribution in [2.75, 3.05) is 6.61 Å². The van der Waals surface area contributed by atoms with Crippen LogP contribution in [0.3, 0.4) is 0 Å². The van der Waals surface area contributed by atoms with Gasteiger partial charge in [0.1, 0.15) is 23.3 Å². The number of nitrogens with one attached hydrogen (secondary N) is 1. The van der Waals surface area contributed by atoms with E-state index >= 15 is 0 Å². The molecule has 2 atom stereocenters. The Hall–Kier alpha value is -3.23. The van der Waals surface area contributed by atoms with E-state index in [1.54, 1.807) is 13.8 Å². The average Bonchev–Trinajstić information content (AvgIpc) is 3.15. The Kier molecular flexibility index (Phi) is 7.76. The van der Waals surface area contributed by atoms with Crippen molar-refractivity contribution in [1.29, 1.82) is 0 Å². The van der Waals surface area contributed by atoms with Crippen LogP contribution in [0.5, 0.6) is 11.6 Å². The van der Waals surface area contributed by atoms with Crippen LogP contribution in [0.2, 0.25) is 0 Å². The van der Waals surface area contributed by atoms with Crippen LogP contribution in [0.25, 0.3) is 11.1 Å². The molecule has 0 saturated carbocycles. The molecular weight excluding hydrogens is 476 g/mol. The summed E-state index contributed by atoms with van der Waals surface area (Å²) in [4.78, 5) is 16.1. The Morgan fingerprint density at radius 3 is 2.50 bits per heavy atom. The van der Waals surface area contributed by atoms with Crippen molar-refractivity contribution in [1.82, 2.24) is 9.71 Å². The van der Waals surface area contributed by atoms with Crippen LogP contribution in [0.4, 0.5) is 0 Å². The third kappa shape index (κ3) is 6.50. The topological polar surface area (TPSA) is 97.8 Å². The summed E-state index contributed by atoms with van der Waals surface area (Å²) in [5.74, 6) is 1.07. The predicted octanol–water partition coefficient (Wildman–Crippen LogP) is 4.71. The zero-order valence-corrected chi connectivity index (χ0v) is 21.9. The van der Waals surface area contributed by atoms with Crippen LogP contribution in [-0.4, -0.2) is 32.4 Å². The van der Waals surface area contributed by atoms with E-state index in [0.29, 0.717) is 31.3 Å². The Labute approximate surface area is 214 Å². The molecule has 1 fully saturated rings. The van der Waals surface area contributed by atoms with Gasteiger partial charge in [-0.2, -0.15) is 0 Å². The number of pyridine rings is 1. The highest BCUT2D eigenvalue weighted by Crippen LogP contribution is 2.31. The molecule has 7 nitrogen and oxygen atoms in total. The molecule has 8 heteroatoms. The maximum Gasteiger partial charge on any atom is 0.233 e. The van der Waals surface area contributed by atoms with Crippen LogP contribution in [0.15, 0.2) is 54.6 Å². The largest absolute Gasteiger partial charge is 0.489 e. The highest BCUT2D eigenvalue weighted by Gasteiger charge is 2.30. The first kappa shape index (κ1) is 25.9.